The molecule has 352 valence electrons. The van der Waals surface area contributed by atoms with Gasteiger partial charge in [-0.3, -0.25) is 9.59 Å². The predicted octanol–water partition coefficient (Wildman–Crippen LogP) is 15.6. The van der Waals surface area contributed by atoms with Crippen molar-refractivity contribution < 1.29 is 28.9 Å². The Morgan fingerprint density at radius 3 is 1.54 bits per heavy atom. The van der Waals surface area contributed by atoms with Gasteiger partial charge in [-0.05, 0) is 121 Å². The number of hydrogen-bond donors (Lipinski definition) is 1. The number of carboxylic acids is 1. The lowest BCUT2D eigenvalue weighted by atomic mass is 9.91. The lowest BCUT2D eigenvalue weighted by Gasteiger charge is -2.17. The van der Waals surface area contributed by atoms with Crippen LogP contribution in [0.2, 0.25) is 0 Å². The Labute approximate surface area is 376 Å². The van der Waals surface area contributed by atoms with Gasteiger partial charge in [-0.15, -0.1) is 0 Å². The van der Waals surface area contributed by atoms with Crippen LogP contribution >= 0.6 is 0 Å². The molecule has 1 N–H and O–H groups in total. The topological polar surface area (TPSA) is 85.3 Å². The number of esters is 1. The third-order valence-electron chi connectivity index (χ3n) is 11.7. The Kier molecular flexibility index (Phi) is 38.0. The summed E-state index contributed by atoms with van der Waals surface area (Å²) in [5.41, 5.74) is 1.12. The van der Waals surface area contributed by atoms with Gasteiger partial charge >= 0.3 is 11.9 Å². The number of rotatable bonds is 44. The predicted molar refractivity (Wildman–Crippen MR) is 259 cm³/mol. The van der Waals surface area contributed by atoms with Gasteiger partial charge in [0.25, 0.3) is 0 Å². The van der Waals surface area contributed by atoms with Gasteiger partial charge in [0.05, 0.1) is 25.7 Å². The number of carboxylic acid groups (broad SMARTS) is 1. The van der Waals surface area contributed by atoms with E-state index < -0.39 is 5.97 Å². The van der Waals surface area contributed by atoms with Crippen LogP contribution in [0.25, 0.3) is 0 Å². The van der Waals surface area contributed by atoms with Crippen molar-refractivity contribution in [3.05, 3.63) is 48.1 Å². The molecule has 0 bridgehead atoms. The van der Waals surface area contributed by atoms with Crippen LogP contribution < -0.4 is 9.47 Å². The summed E-state index contributed by atoms with van der Waals surface area (Å²) >= 11 is 0. The molecule has 7 nitrogen and oxygen atoms in total. The molecule has 0 aliphatic carbocycles. The van der Waals surface area contributed by atoms with Crippen LogP contribution in [0.4, 0.5) is 0 Å². The van der Waals surface area contributed by atoms with Crippen molar-refractivity contribution in [2.75, 3.05) is 33.9 Å². The van der Waals surface area contributed by atoms with E-state index in [1.54, 1.807) is 0 Å². The Morgan fingerprint density at radius 1 is 0.557 bits per heavy atom. The van der Waals surface area contributed by atoms with E-state index >= 15 is 0 Å². The molecular weight excluding hydrogens is 759 g/mol. The highest BCUT2D eigenvalue weighted by molar-refractivity contribution is 5.70. The van der Waals surface area contributed by atoms with Crippen LogP contribution in [0.1, 0.15) is 225 Å². The van der Waals surface area contributed by atoms with Gasteiger partial charge in [0.15, 0.2) is 0 Å². The van der Waals surface area contributed by atoms with Crippen LogP contribution in [0.5, 0.6) is 11.5 Å². The second-order valence-corrected chi connectivity index (χ2v) is 18.1. The van der Waals surface area contributed by atoms with E-state index in [0.717, 1.165) is 101 Å². The zero-order chi connectivity index (χ0) is 44.4. The van der Waals surface area contributed by atoms with E-state index in [2.05, 4.69) is 62.1 Å². The van der Waals surface area contributed by atoms with E-state index in [1.807, 2.05) is 20.2 Å². The van der Waals surface area contributed by atoms with Gasteiger partial charge < -0.3 is 24.2 Å². The molecule has 0 saturated carbocycles. The number of unbranched alkanes of at least 4 members (excludes halogenated alkanes) is 19. The molecule has 61 heavy (non-hydrogen) atoms. The van der Waals surface area contributed by atoms with E-state index in [4.69, 9.17) is 14.2 Å². The summed E-state index contributed by atoms with van der Waals surface area (Å²) in [6, 6.07) is 6.10. The number of aliphatic carboxylic acids is 1. The first-order valence-electron chi connectivity index (χ1n) is 25.5. The highest BCUT2D eigenvalue weighted by Gasteiger charge is 2.17. The molecule has 0 heterocycles. The number of nitrogens with zero attached hydrogens (tertiary/aromatic N) is 1. The van der Waals surface area contributed by atoms with Crippen LogP contribution in [-0.4, -0.2) is 55.9 Å². The van der Waals surface area contributed by atoms with Crippen LogP contribution in [0, 0.1) is 11.8 Å². The SMILES string of the molecule is CCCCC/C=C\C/C=C\CCCCCCC(CCCCOc1cc(CN(C)C)cc(OCCCCOC(=O)CC(CCCCCCCC)CCCCCCCC)c1)C(=O)O. The maximum absolute atomic E-state index is 12.8. The van der Waals surface area contributed by atoms with Gasteiger partial charge in [0, 0.05) is 19.0 Å². The zero-order valence-corrected chi connectivity index (χ0v) is 40.4. The summed E-state index contributed by atoms with van der Waals surface area (Å²) in [6.45, 7) is 9.07. The smallest absolute Gasteiger partial charge is 0.306 e. The minimum Gasteiger partial charge on any atom is -0.493 e. The van der Waals surface area contributed by atoms with Gasteiger partial charge in [-0.1, -0.05) is 154 Å². The van der Waals surface area contributed by atoms with E-state index in [-0.39, 0.29) is 11.9 Å². The van der Waals surface area contributed by atoms with Crippen LogP contribution in [0.3, 0.4) is 0 Å². The van der Waals surface area contributed by atoms with E-state index in [1.165, 1.54) is 109 Å². The van der Waals surface area contributed by atoms with Gasteiger partial charge in [0.2, 0.25) is 0 Å². The molecule has 1 rings (SSSR count). The molecule has 0 spiro atoms. The van der Waals surface area contributed by atoms with Crippen LogP contribution in [-0.2, 0) is 20.9 Å². The quantitative estimate of drug-likeness (QED) is 0.0397. The molecule has 0 aromatic heterocycles. The molecule has 7 heteroatoms. The van der Waals surface area contributed by atoms with Crippen molar-refractivity contribution in [1.82, 2.24) is 4.90 Å². The number of hydrogen-bond acceptors (Lipinski definition) is 6. The molecular formula is C54H95NO6. The lowest BCUT2D eigenvalue weighted by molar-refractivity contribution is -0.145. The largest absolute Gasteiger partial charge is 0.493 e. The fourth-order valence-corrected chi connectivity index (χ4v) is 8.00. The second kappa shape index (κ2) is 41.2. The van der Waals surface area contributed by atoms with Crippen molar-refractivity contribution in [3.63, 3.8) is 0 Å². The number of benzene rings is 1. The number of allylic oxidation sites excluding steroid dienone is 4. The summed E-state index contributed by atoms with van der Waals surface area (Å²) in [5, 5.41) is 9.84. The normalized spacial score (nSPS) is 12.3. The summed E-state index contributed by atoms with van der Waals surface area (Å²) in [4.78, 5) is 26.9. The fraction of sp³-hybridized carbons (Fsp3) is 0.778. The highest BCUT2D eigenvalue weighted by Crippen LogP contribution is 2.26. The average molecular weight is 854 g/mol. The molecule has 0 amide bonds. The first-order valence-corrected chi connectivity index (χ1v) is 25.5. The molecule has 0 fully saturated rings. The average Bonchev–Trinajstić information content (AvgIpc) is 3.23. The Hall–Kier alpha value is -2.80. The lowest BCUT2D eigenvalue weighted by Crippen LogP contribution is -2.14. The standard InChI is InChI=1S/C54H95NO6/c1-6-9-12-15-18-19-20-21-22-23-24-25-28-31-38-50(54(57)58)39-32-33-40-59-51-43-49(47-55(4)5)44-52(46-51)60-41-34-35-42-61-53(56)45-48(36-29-26-16-13-10-7-2)37-30-27-17-14-11-8-3/h18-19,21-22,43-44,46,48,50H,6-17,20,23-42,45,47H2,1-5H3,(H,57,58)/b19-18-,22-21-. The third-order valence-corrected chi connectivity index (χ3v) is 11.7. The van der Waals surface area contributed by atoms with Crippen molar-refractivity contribution >= 4 is 11.9 Å². The molecule has 1 aromatic carbocycles. The van der Waals surface area contributed by atoms with Crippen molar-refractivity contribution in [2.45, 2.75) is 226 Å². The molecule has 1 aromatic rings. The molecule has 0 saturated heterocycles. The van der Waals surface area contributed by atoms with Gasteiger partial charge in [-0.2, -0.15) is 0 Å². The second-order valence-electron chi connectivity index (χ2n) is 18.1. The summed E-state index contributed by atoms with van der Waals surface area (Å²) in [6.07, 6.45) is 43.7. The Morgan fingerprint density at radius 2 is 1.00 bits per heavy atom. The number of carbonyl (C=O) groups is 2. The molecule has 0 aliphatic rings. The number of carbonyl (C=O) groups excluding carboxylic acids is 1. The minimum absolute atomic E-state index is 0.0407. The zero-order valence-electron chi connectivity index (χ0n) is 40.4. The Bertz CT molecular complexity index is 1210. The molecule has 0 aliphatic heterocycles. The van der Waals surface area contributed by atoms with E-state index in [9.17, 15) is 14.7 Å². The third kappa shape index (κ3) is 35.4. The van der Waals surface area contributed by atoms with Crippen LogP contribution in [0.15, 0.2) is 42.5 Å². The fourth-order valence-electron chi connectivity index (χ4n) is 8.00. The minimum atomic E-state index is -0.672. The highest BCUT2D eigenvalue weighted by atomic mass is 16.5. The maximum atomic E-state index is 12.8. The Balaban J connectivity index is 2.39. The molecule has 1 atom stereocenters. The van der Waals surface area contributed by atoms with Crippen molar-refractivity contribution in [1.29, 1.82) is 0 Å². The van der Waals surface area contributed by atoms with Crippen molar-refractivity contribution in [3.8, 4) is 11.5 Å². The molecule has 0 radical (unpaired) electrons. The first-order chi connectivity index (χ1) is 29.8. The monoisotopic (exact) mass is 854 g/mol. The summed E-state index contributed by atoms with van der Waals surface area (Å²) in [7, 11) is 4.10. The van der Waals surface area contributed by atoms with E-state index in [0.29, 0.717) is 38.6 Å². The first kappa shape index (κ1) is 56.2. The van der Waals surface area contributed by atoms with Gasteiger partial charge in [-0.25, -0.2) is 0 Å². The molecule has 1 unspecified atom stereocenters. The number of ether oxygens (including phenoxy) is 3. The van der Waals surface area contributed by atoms with Crippen molar-refractivity contribution in [2.24, 2.45) is 11.8 Å². The summed E-state index contributed by atoms with van der Waals surface area (Å²) in [5.74, 6) is 1.02. The van der Waals surface area contributed by atoms with Gasteiger partial charge in [0.1, 0.15) is 11.5 Å². The maximum Gasteiger partial charge on any atom is 0.306 e. The summed E-state index contributed by atoms with van der Waals surface area (Å²) < 4.78 is 18.1.